The van der Waals surface area contributed by atoms with Crippen LogP contribution in [0.3, 0.4) is 0 Å². The maximum Gasteiger partial charge on any atom is 0.231 e. The molecule has 2 N–H and O–H groups in total. The van der Waals surface area contributed by atoms with Gasteiger partial charge in [-0.1, -0.05) is 12.1 Å². The third kappa shape index (κ3) is 3.27. The zero-order valence-corrected chi connectivity index (χ0v) is 15.0. The minimum absolute atomic E-state index is 0.0662. The molecule has 0 aliphatic carbocycles. The first-order valence-corrected chi connectivity index (χ1v) is 8.54. The summed E-state index contributed by atoms with van der Waals surface area (Å²) in [5.74, 6) is 0.563. The summed E-state index contributed by atoms with van der Waals surface area (Å²) < 4.78 is 5.84. The van der Waals surface area contributed by atoms with Gasteiger partial charge in [-0.3, -0.25) is 4.99 Å². The summed E-state index contributed by atoms with van der Waals surface area (Å²) in [5.41, 5.74) is 5.36. The Morgan fingerprint density at radius 2 is 1.70 bits per heavy atom. The minimum atomic E-state index is 0.0662. The maximum absolute atomic E-state index is 10.3. The van der Waals surface area contributed by atoms with E-state index in [1.807, 2.05) is 32.0 Å². The van der Waals surface area contributed by atoms with Crippen LogP contribution in [0.1, 0.15) is 16.7 Å². The average Bonchev–Trinajstić information content (AvgIpc) is 3.05. The molecule has 1 heterocycles. The molecule has 5 heteroatoms. The summed E-state index contributed by atoms with van der Waals surface area (Å²) in [4.78, 5) is 8.88. The molecular weight excluding hydrogens is 340 g/mol. The van der Waals surface area contributed by atoms with Crippen molar-refractivity contribution in [1.29, 1.82) is 0 Å². The molecule has 0 saturated carbocycles. The van der Waals surface area contributed by atoms with Crippen LogP contribution in [0.5, 0.6) is 11.5 Å². The largest absolute Gasteiger partial charge is 0.507 e. The Morgan fingerprint density at radius 1 is 0.926 bits per heavy atom. The molecule has 0 unspecified atom stereocenters. The Labute approximate surface area is 156 Å². The van der Waals surface area contributed by atoms with Crippen LogP contribution in [0.15, 0.2) is 64.0 Å². The highest BCUT2D eigenvalue weighted by Gasteiger charge is 2.14. The van der Waals surface area contributed by atoms with Gasteiger partial charge in [0.25, 0.3) is 0 Å². The average molecular weight is 358 g/mol. The van der Waals surface area contributed by atoms with E-state index in [4.69, 9.17) is 4.42 Å². The van der Waals surface area contributed by atoms with Crippen molar-refractivity contribution in [1.82, 2.24) is 4.98 Å². The number of aromatic nitrogens is 1. The van der Waals surface area contributed by atoms with E-state index >= 15 is 0 Å². The summed E-state index contributed by atoms with van der Waals surface area (Å²) in [6, 6.07) is 15.8. The topological polar surface area (TPSA) is 78.9 Å². The second kappa shape index (κ2) is 6.61. The Bertz CT molecular complexity index is 1140. The standard InChI is InChI=1S/C22H18N2O3/c1-13-9-18-21(10-14(13)2)27-22(24-18)17-11-16(7-8-20(17)26)23-12-15-5-3-4-6-19(15)25/h3-12,25-26H,1-2H3. The number of aromatic hydroxyl groups is 2. The van der Waals surface area contributed by atoms with E-state index in [0.29, 0.717) is 28.3 Å². The zero-order valence-electron chi connectivity index (χ0n) is 15.0. The summed E-state index contributed by atoms with van der Waals surface area (Å²) in [7, 11) is 0. The summed E-state index contributed by atoms with van der Waals surface area (Å²) in [6.45, 7) is 4.04. The fourth-order valence-electron chi connectivity index (χ4n) is 2.81. The first kappa shape index (κ1) is 16.8. The quantitative estimate of drug-likeness (QED) is 0.489. The van der Waals surface area contributed by atoms with Gasteiger partial charge in [0.05, 0.1) is 11.3 Å². The van der Waals surface area contributed by atoms with Crippen LogP contribution < -0.4 is 0 Å². The summed E-state index contributed by atoms with van der Waals surface area (Å²) >= 11 is 0. The van der Waals surface area contributed by atoms with E-state index in [1.54, 1.807) is 42.6 Å². The fraction of sp³-hybridized carbons (Fsp3) is 0.0909. The van der Waals surface area contributed by atoms with Crippen LogP contribution in [0, 0.1) is 13.8 Å². The van der Waals surface area contributed by atoms with Crippen molar-refractivity contribution in [2.45, 2.75) is 13.8 Å². The molecule has 5 nitrogen and oxygen atoms in total. The van der Waals surface area contributed by atoms with Gasteiger partial charge in [-0.15, -0.1) is 0 Å². The number of aryl methyl sites for hydroxylation is 2. The van der Waals surface area contributed by atoms with Crippen molar-refractivity contribution < 1.29 is 14.6 Å². The number of hydrogen-bond donors (Lipinski definition) is 2. The Kier molecular flexibility index (Phi) is 4.12. The lowest BCUT2D eigenvalue weighted by atomic mass is 10.1. The van der Waals surface area contributed by atoms with E-state index in [2.05, 4.69) is 9.98 Å². The van der Waals surface area contributed by atoms with Crippen molar-refractivity contribution in [3.8, 4) is 23.0 Å². The molecule has 3 aromatic carbocycles. The molecule has 4 aromatic rings. The van der Waals surface area contributed by atoms with Crippen molar-refractivity contribution in [2.75, 3.05) is 0 Å². The SMILES string of the molecule is Cc1cc2nc(-c3cc(N=Cc4ccccc4O)ccc3O)oc2cc1C. The predicted molar refractivity (Wildman–Crippen MR) is 106 cm³/mol. The number of hydrogen-bond acceptors (Lipinski definition) is 5. The van der Waals surface area contributed by atoms with Gasteiger partial charge in [-0.2, -0.15) is 0 Å². The van der Waals surface area contributed by atoms with E-state index < -0.39 is 0 Å². The van der Waals surface area contributed by atoms with Crippen molar-refractivity contribution in [3.63, 3.8) is 0 Å². The van der Waals surface area contributed by atoms with Crippen LogP contribution >= 0.6 is 0 Å². The number of benzene rings is 3. The van der Waals surface area contributed by atoms with Crippen molar-refractivity contribution in [2.24, 2.45) is 4.99 Å². The minimum Gasteiger partial charge on any atom is -0.507 e. The van der Waals surface area contributed by atoms with Gasteiger partial charge in [-0.25, -0.2) is 4.98 Å². The number of para-hydroxylation sites is 1. The van der Waals surface area contributed by atoms with Crippen LogP contribution in [0.2, 0.25) is 0 Å². The third-order valence-electron chi connectivity index (χ3n) is 4.50. The van der Waals surface area contributed by atoms with Gasteiger partial charge in [0.2, 0.25) is 5.89 Å². The second-order valence-electron chi connectivity index (χ2n) is 6.44. The van der Waals surface area contributed by atoms with E-state index in [9.17, 15) is 10.2 Å². The highest BCUT2D eigenvalue weighted by atomic mass is 16.3. The van der Waals surface area contributed by atoms with Gasteiger partial charge in [0.15, 0.2) is 5.58 Å². The van der Waals surface area contributed by atoms with E-state index in [0.717, 1.165) is 16.6 Å². The lowest BCUT2D eigenvalue weighted by Gasteiger charge is -2.02. The smallest absolute Gasteiger partial charge is 0.231 e. The monoisotopic (exact) mass is 358 g/mol. The van der Waals surface area contributed by atoms with Gasteiger partial charge in [0.1, 0.15) is 17.0 Å². The number of nitrogens with zero attached hydrogens (tertiary/aromatic N) is 2. The molecular formula is C22H18N2O3. The molecule has 0 aliphatic heterocycles. The molecule has 0 saturated heterocycles. The molecule has 27 heavy (non-hydrogen) atoms. The van der Waals surface area contributed by atoms with Crippen LogP contribution in [0.25, 0.3) is 22.6 Å². The number of rotatable bonds is 3. The molecule has 0 aliphatic rings. The highest BCUT2D eigenvalue weighted by Crippen LogP contribution is 2.34. The lowest BCUT2D eigenvalue weighted by Crippen LogP contribution is -1.82. The fourth-order valence-corrected chi connectivity index (χ4v) is 2.81. The highest BCUT2D eigenvalue weighted by molar-refractivity contribution is 5.86. The van der Waals surface area contributed by atoms with Gasteiger partial charge in [-0.05, 0) is 67.4 Å². The van der Waals surface area contributed by atoms with Crippen LogP contribution in [-0.2, 0) is 0 Å². The Hall–Kier alpha value is -3.60. The molecule has 0 spiro atoms. The van der Waals surface area contributed by atoms with Crippen LogP contribution in [0.4, 0.5) is 5.69 Å². The van der Waals surface area contributed by atoms with E-state index in [1.165, 1.54) is 0 Å². The molecule has 1 aromatic heterocycles. The number of phenolic OH excluding ortho intramolecular Hbond substituents is 2. The van der Waals surface area contributed by atoms with Crippen LogP contribution in [-0.4, -0.2) is 21.4 Å². The Morgan fingerprint density at radius 3 is 2.52 bits per heavy atom. The van der Waals surface area contributed by atoms with Gasteiger partial charge < -0.3 is 14.6 Å². The van der Waals surface area contributed by atoms with Gasteiger partial charge in [0, 0.05) is 11.8 Å². The van der Waals surface area contributed by atoms with Crippen molar-refractivity contribution in [3.05, 3.63) is 71.3 Å². The predicted octanol–water partition coefficient (Wildman–Crippen LogP) is 5.27. The van der Waals surface area contributed by atoms with Crippen molar-refractivity contribution >= 4 is 23.0 Å². The summed E-state index contributed by atoms with van der Waals surface area (Å²) in [5, 5.41) is 20.1. The molecule has 0 radical (unpaired) electrons. The lowest BCUT2D eigenvalue weighted by molar-refractivity contribution is 0.473. The summed E-state index contributed by atoms with van der Waals surface area (Å²) in [6.07, 6.45) is 1.57. The maximum atomic E-state index is 10.3. The number of oxazole rings is 1. The molecule has 0 fully saturated rings. The molecule has 4 rings (SSSR count). The number of phenols is 2. The van der Waals surface area contributed by atoms with Gasteiger partial charge >= 0.3 is 0 Å². The molecule has 0 amide bonds. The number of fused-ring (bicyclic) bond motifs is 1. The molecule has 0 atom stereocenters. The first-order valence-electron chi connectivity index (χ1n) is 8.54. The zero-order chi connectivity index (χ0) is 19.0. The molecule has 0 bridgehead atoms. The number of aliphatic imine (C=N–C) groups is 1. The van der Waals surface area contributed by atoms with E-state index in [-0.39, 0.29) is 11.5 Å². The molecule has 134 valence electrons. The normalized spacial score (nSPS) is 11.5. The Balaban J connectivity index is 1.74. The first-order chi connectivity index (χ1) is 13.0. The second-order valence-corrected chi connectivity index (χ2v) is 6.44. The third-order valence-corrected chi connectivity index (χ3v) is 4.50.